The highest BCUT2D eigenvalue weighted by atomic mass is 35.5. The Labute approximate surface area is 123 Å². The maximum Gasteiger partial charge on any atom is 0.332 e. The first-order valence-corrected chi connectivity index (χ1v) is 7.23. The molecule has 110 valence electrons. The summed E-state index contributed by atoms with van der Waals surface area (Å²) < 4.78 is 0. The lowest BCUT2D eigenvalue weighted by Gasteiger charge is -2.26. The van der Waals surface area contributed by atoms with Gasteiger partial charge in [-0.3, -0.25) is 10.1 Å². The van der Waals surface area contributed by atoms with Crippen molar-refractivity contribution in [3.63, 3.8) is 0 Å². The van der Waals surface area contributed by atoms with Crippen molar-refractivity contribution in [1.82, 2.24) is 9.97 Å². The van der Waals surface area contributed by atoms with Crippen molar-refractivity contribution >= 4 is 23.1 Å². The molecule has 0 spiro atoms. The zero-order valence-electron chi connectivity index (χ0n) is 12.0. The van der Waals surface area contributed by atoms with E-state index in [-0.39, 0.29) is 16.4 Å². The number of halogens is 1. The molecule has 0 saturated carbocycles. The van der Waals surface area contributed by atoms with Crippen LogP contribution in [0.5, 0.6) is 0 Å². The molecule has 0 amide bonds. The first kappa shape index (κ1) is 15.0. The number of hydrogen-bond acceptors (Lipinski definition) is 5. The van der Waals surface area contributed by atoms with Crippen LogP contribution in [-0.2, 0) is 0 Å². The molecular weight excluding hydrogens is 280 g/mol. The van der Waals surface area contributed by atoms with Crippen LogP contribution in [0, 0.1) is 22.5 Å². The Hall–Kier alpha value is -1.43. The highest BCUT2D eigenvalue weighted by molar-refractivity contribution is 6.28. The summed E-state index contributed by atoms with van der Waals surface area (Å²) in [5.74, 6) is 0.358. The Balaban J connectivity index is 2.41. The van der Waals surface area contributed by atoms with Crippen molar-refractivity contribution in [3.05, 3.63) is 21.1 Å². The van der Waals surface area contributed by atoms with Gasteiger partial charge in [-0.05, 0) is 43.2 Å². The molecule has 0 radical (unpaired) electrons. The number of aryl methyl sites for hydroxylation is 1. The van der Waals surface area contributed by atoms with E-state index in [1.54, 1.807) is 6.92 Å². The van der Waals surface area contributed by atoms with E-state index < -0.39 is 4.92 Å². The van der Waals surface area contributed by atoms with Crippen molar-refractivity contribution in [2.45, 2.75) is 40.0 Å². The normalized spacial score (nSPS) is 17.5. The van der Waals surface area contributed by atoms with Crippen LogP contribution in [0.25, 0.3) is 0 Å². The van der Waals surface area contributed by atoms with Gasteiger partial charge in [-0.2, -0.15) is 4.98 Å². The van der Waals surface area contributed by atoms with Gasteiger partial charge < -0.3 is 4.90 Å². The summed E-state index contributed by atoms with van der Waals surface area (Å²) in [4.78, 5) is 20.8. The van der Waals surface area contributed by atoms with Crippen LogP contribution in [-0.4, -0.2) is 28.0 Å². The molecule has 7 heteroatoms. The molecule has 0 aliphatic carbocycles. The molecule has 1 fully saturated rings. The van der Waals surface area contributed by atoms with E-state index >= 15 is 0 Å². The van der Waals surface area contributed by atoms with Crippen LogP contribution >= 0.6 is 11.6 Å². The average Bonchev–Trinajstić information content (AvgIpc) is 2.82. The molecule has 1 aromatic rings. The van der Waals surface area contributed by atoms with Gasteiger partial charge in [0.1, 0.15) is 5.69 Å². The second-order valence-electron chi connectivity index (χ2n) is 5.39. The molecule has 1 aliphatic rings. The minimum atomic E-state index is -0.418. The number of anilines is 1. The second kappa shape index (κ2) is 5.52. The van der Waals surface area contributed by atoms with E-state index in [4.69, 9.17) is 11.6 Å². The minimum absolute atomic E-state index is 0.0302. The first-order chi connectivity index (χ1) is 9.42. The highest BCUT2D eigenvalue weighted by Crippen LogP contribution is 2.41. The highest BCUT2D eigenvalue weighted by Gasteiger charge is 2.38. The fourth-order valence-electron chi connectivity index (χ4n) is 2.90. The third-order valence-corrected chi connectivity index (χ3v) is 4.60. The molecule has 20 heavy (non-hydrogen) atoms. The molecule has 6 nitrogen and oxygen atoms in total. The van der Waals surface area contributed by atoms with Crippen LogP contribution < -0.4 is 4.90 Å². The summed E-state index contributed by atoms with van der Waals surface area (Å²) in [6, 6.07) is 0. The predicted molar refractivity (Wildman–Crippen MR) is 78.3 cm³/mol. The molecule has 0 unspecified atom stereocenters. The summed E-state index contributed by atoms with van der Waals surface area (Å²) in [5.41, 5.74) is 0.507. The van der Waals surface area contributed by atoms with E-state index in [0.717, 1.165) is 32.4 Å². The van der Waals surface area contributed by atoms with Crippen LogP contribution in [0.4, 0.5) is 11.5 Å². The van der Waals surface area contributed by atoms with E-state index in [9.17, 15) is 10.1 Å². The van der Waals surface area contributed by atoms with Crippen molar-refractivity contribution < 1.29 is 4.92 Å². The standard InChI is InChI=1S/C13H19ClN4O2/c1-4-13(5-2)6-7-17(8-13)11-10(18(19)20)9(3)15-12(14)16-11/h4-8H2,1-3H3. The van der Waals surface area contributed by atoms with Crippen LogP contribution in [0.2, 0.25) is 5.28 Å². The first-order valence-electron chi connectivity index (χ1n) is 6.86. The van der Waals surface area contributed by atoms with Crippen LogP contribution in [0.15, 0.2) is 0 Å². The summed E-state index contributed by atoms with van der Waals surface area (Å²) in [6.45, 7) is 7.49. The second-order valence-corrected chi connectivity index (χ2v) is 5.72. The fourth-order valence-corrected chi connectivity index (χ4v) is 3.10. The average molecular weight is 299 g/mol. The Kier molecular flexibility index (Phi) is 4.13. The number of aromatic nitrogens is 2. The smallest absolute Gasteiger partial charge is 0.332 e. The van der Waals surface area contributed by atoms with Gasteiger partial charge >= 0.3 is 5.69 Å². The van der Waals surface area contributed by atoms with Gasteiger partial charge in [-0.15, -0.1) is 0 Å². The van der Waals surface area contributed by atoms with Crippen LogP contribution in [0.3, 0.4) is 0 Å². The zero-order chi connectivity index (χ0) is 14.9. The Morgan fingerprint density at radius 3 is 2.55 bits per heavy atom. The summed E-state index contributed by atoms with van der Waals surface area (Å²) in [5, 5.41) is 11.3. The Bertz CT molecular complexity index is 531. The number of hydrogen-bond donors (Lipinski definition) is 0. The molecule has 0 aromatic carbocycles. The summed E-state index contributed by atoms with van der Waals surface area (Å²) in [7, 11) is 0. The number of nitro groups is 1. The van der Waals surface area contributed by atoms with Crippen molar-refractivity contribution in [1.29, 1.82) is 0 Å². The van der Waals surface area contributed by atoms with E-state index in [1.165, 1.54) is 0 Å². The molecule has 1 aliphatic heterocycles. The minimum Gasteiger partial charge on any atom is -0.350 e. The van der Waals surface area contributed by atoms with Gasteiger partial charge in [0.2, 0.25) is 11.1 Å². The summed E-state index contributed by atoms with van der Waals surface area (Å²) in [6.07, 6.45) is 3.15. The lowest BCUT2D eigenvalue weighted by atomic mass is 9.82. The zero-order valence-corrected chi connectivity index (χ0v) is 12.8. The lowest BCUT2D eigenvalue weighted by Crippen LogP contribution is -2.27. The molecular formula is C13H19ClN4O2. The topological polar surface area (TPSA) is 72.2 Å². The van der Waals surface area contributed by atoms with E-state index in [1.807, 2.05) is 4.90 Å². The molecule has 2 heterocycles. The van der Waals surface area contributed by atoms with Gasteiger partial charge in [-0.25, -0.2) is 4.98 Å². The largest absolute Gasteiger partial charge is 0.350 e. The van der Waals surface area contributed by atoms with Gasteiger partial charge in [0.15, 0.2) is 0 Å². The maximum absolute atomic E-state index is 11.3. The molecule has 0 bridgehead atoms. The van der Waals surface area contributed by atoms with Gasteiger partial charge in [0, 0.05) is 13.1 Å². The number of rotatable bonds is 4. The van der Waals surface area contributed by atoms with E-state index in [2.05, 4.69) is 23.8 Å². The van der Waals surface area contributed by atoms with Crippen molar-refractivity contribution in [2.75, 3.05) is 18.0 Å². The quantitative estimate of drug-likeness (QED) is 0.484. The number of nitrogens with zero attached hydrogens (tertiary/aromatic N) is 4. The molecule has 2 rings (SSSR count). The molecule has 0 atom stereocenters. The third-order valence-electron chi connectivity index (χ3n) is 4.43. The van der Waals surface area contributed by atoms with Crippen molar-refractivity contribution in [3.8, 4) is 0 Å². The van der Waals surface area contributed by atoms with Gasteiger partial charge in [-0.1, -0.05) is 13.8 Å². The van der Waals surface area contributed by atoms with Crippen molar-refractivity contribution in [2.24, 2.45) is 5.41 Å². The molecule has 0 N–H and O–H groups in total. The summed E-state index contributed by atoms with van der Waals surface area (Å²) >= 11 is 5.87. The lowest BCUT2D eigenvalue weighted by molar-refractivity contribution is -0.385. The Morgan fingerprint density at radius 2 is 2.05 bits per heavy atom. The fraction of sp³-hybridized carbons (Fsp3) is 0.692. The van der Waals surface area contributed by atoms with E-state index in [0.29, 0.717) is 11.5 Å². The third kappa shape index (κ3) is 2.57. The maximum atomic E-state index is 11.3. The van der Waals surface area contributed by atoms with Gasteiger partial charge in [0.05, 0.1) is 4.92 Å². The molecule has 1 aromatic heterocycles. The monoisotopic (exact) mass is 298 g/mol. The SMILES string of the molecule is CCC1(CC)CCN(c2nc(Cl)nc(C)c2[N+](=O)[O-])C1. The predicted octanol–water partition coefficient (Wildman–Crippen LogP) is 3.36. The van der Waals surface area contributed by atoms with Gasteiger partial charge in [0.25, 0.3) is 0 Å². The van der Waals surface area contributed by atoms with Crippen LogP contribution in [0.1, 0.15) is 38.8 Å². The Morgan fingerprint density at radius 1 is 1.40 bits per heavy atom. The molecule has 1 saturated heterocycles.